The molecule has 1 aromatic rings. The van der Waals surface area contributed by atoms with Gasteiger partial charge in [-0.1, -0.05) is 22.0 Å². The Labute approximate surface area is 116 Å². The normalized spacial score (nSPS) is 11.3. The number of anilines is 1. The van der Waals surface area contributed by atoms with Gasteiger partial charge < -0.3 is 5.32 Å². The van der Waals surface area contributed by atoms with Crippen LogP contribution in [0.25, 0.3) is 0 Å². The average Bonchev–Trinajstić information content (AvgIpc) is 2.21. The Morgan fingerprint density at radius 2 is 2.06 bits per heavy atom. The van der Waals surface area contributed by atoms with Crippen molar-refractivity contribution >= 4 is 37.4 Å². The van der Waals surface area contributed by atoms with Crippen molar-refractivity contribution in [2.75, 3.05) is 17.3 Å². The van der Waals surface area contributed by atoms with Crippen molar-refractivity contribution in [3.05, 3.63) is 28.2 Å². The van der Waals surface area contributed by atoms with Crippen LogP contribution >= 0.6 is 15.9 Å². The lowest BCUT2D eigenvalue weighted by Crippen LogP contribution is -2.13. The van der Waals surface area contributed by atoms with Gasteiger partial charge in [-0.3, -0.25) is 4.79 Å². The molecule has 6 heteroatoms. The lowest BCUT2D eigenvalue weighted by molar-refractivity contribution is -0.116. The van der Waals surface area contributed by atoms with E-state index in [1.807, 2.05) is 25.1 Å². The Balaban J connectivity index is 2.47. The number of hydrogen-bond donors (Lipinski definition) is 1. The number of carbonyl (C=O) groups is 1. The first-order valence-corrected chi connectivity index (χ1v) is 8.37. The Bertz CT molecular complexity index is 540. The van der Waals surface area contributed by atoms with Crippen LogP contribution in [0.5, 0.6) is 0 Å². The van der Waals surface area contributed by atoms with Crippen LogP contribution in [0.4, 0.5) is 5.69 Å². The van der Waals surface area contributed by atoms with Crippen LogP contribution in [0.15, 0.2) is 22.7 Å². The number of hydrogen-bond acceptors (Lipinski definition) is 3. The van der Waals surface area contributed by atoms with E-state index < -0.39 is 9.84 Å². The van der Waals surface area contributed by atoms with E-state index >= 15 is 0 Å². The zero-order chi connectivity index (χ0) is 13.8. The maximum absolute atomic E-state index is 11.6. The van der Waals surface area contributed by atoms with Gasteiger partial charge in [-0.15, -0.1) is 0 Å². The van der Waals surface area contributed by atoms with Crippen molar-refractivity contribution in [3.8, 4) is 0 Å². The molecule has 0 unspecified atom stereocenters. The standard InChI is InChI=1S/C12H16BrNO3S/c1-9-5-6-10(8-11(9)13)14-12(15)4-3-7-18(2,16)17/h5-6,8H,3-4,7H2,1-2H3,(H,14,15). The van der Waals surface area contributed by atoms with Crippen molar-refractivity contribution in [3.63, 3.8) is 0 Å². The van der Waals surface area contributed by atoms with Crippen LogP contribution in [-0.2, 0) is 14.6 Å². The summed E-state index contributed by atoms with van der Waals surface area (Å²) in [4.78, 5) is 11.6. The van der Waals surface area contributed by atoms with Crippen molar-refractivity contribution in [1.29, 1.82) is 0 Å². The van der Waals surface area contributed by atoms with Crippen molar-refractivity contribution in [2.24, 2.45) is 0 Å². The molecule has 0 aliphatic heterocycles. The van der Waals surface area contributed by atoms with E-state index in [0.29, 0.717) is 12.1 Å². The summed E-state index contributed by atoms with van der Waals surface area (Å²) >= 11 is 3.38. The van der Waals surface area contributed by atoms with E-state index in [2.05, 4.69) is 21.2 Å². The Morgan fingerprint density at radius 1 is 1.39 bits per heavy atom. The van der Waals surface area contributed by atoms with Crippen molar-refractivity contribution in [2.45, 2.75) is 19.8 Å². The van der Waals surface area contributed by atoms with Gasteiger partial charge in [0, 0.05) is 22.8 Å². The zero-order valence-corrected chi connectivity index (χ0v) is 12.8. The summed E-state index contributed by atoms with van der Waals surface area (Å²) in [5.41, 5.74) is 1.79. The summed E-state index contributed by atoms with van der Waals surface area (Å²) in [5, 5.41) is 2.73. The summed E-state index contributed by atoms with van der Waals surface area (Å²) in [7, 11) is -2.99. The molecule has 4 nitrogen and oxygen atoms in total. The van der Waals surface area contributed by atoms with Crippen LogP contribution in [0.1, 0.15) is 18.4 Å². The minimum absolute atomic E-state index is 0.0397. The van der Waals surface area contributed by atoms with Gasteiger partial charge in [0.2, 0.25) is 5.91 Å². The van der Waals surface area contributed by atoms with E-state index in [4.69, 9.17) is 0 Å². The van der Waals surface area contributed by atoms with Gasteiger partial charge in [0.1, 0.15) is 9.84 Å². The van der Waals surface area contributed by atoms with E-state index in [0.717, 1.165) is 10.0 Å². The Kier molecular flexibility index (Phi) is 5.34. The van der Waals surface area contributed by atoms with Gasteiger partial charge in [-0.2, -0.15) is 0 Å². The van der Waals surface area contributed by atoms with Crippen LogP contribution in [0.2, 0.25) is 0 Å². The summed E-state index contributed by atoms with van der Waals surface area (Å²) in [6.07, 6.45) is 1.72. The Morgan fingerprint density at radius 3 is 2.61 bits per heavy atom. The zero-order valence-electron chi connectivity index (χ0n) is 10.4. The maximum Gasteiger partial charge on any atom is 0.224 e. The number of aryl methyl sites for hydroxylation is 1. The molecular weight excluding hydrogens is 318 g/mol. The van der Waals surface area contributed by atoms with Crippen LogP contribution < -0.4 is 5.32 Å². The van der Waals surface area contributed by atoms with Crippen molar-refractivity contribution < 1.29 is 13.2 Å². The molecule has 0 aromatic heterocycles. The highest BCUT2D eigenvalue weighted by atomic mass is 79.9. The summed E-state index contributed by atoms with van der Waals surface area (Å²) in [6, 6.07) is 5.54. The first kappa shape index (κ1) is 15.2. The molecule has 0 saturated heterocycles. The molecule has 1 rings (SSSR count). The average molecular weight is 334 g/mol. The third-order valence-electron chi connectivity index (χ3n) is 2.37. The maximum atomic E-state index is 11.6. The fourth-order valence-corrected chi connectivity index (χ4v) is 2.44. The SMILES string of the molecule is Cc1ccc(NC(=O)CCCS(C)(=O)=O)cc1Br. The summed E-state index contributed by atoms with van der Waals surface area (Å²) < 4.78 is 22.8. The smallest absolute Gasteiger partial charge is 0.224 e. The number of carbonyl (C=O) groups excluding carboxylic acids is 1. The third kappa shape index (κ3) is 5.64. The molecule has 0 spiro atoms. The van der Waals surface area contributed by atoms with Crippen LogP contribution in [0.3, 0.4) is 0 Å². The number of nitrogens with one attached hydrogen (secondary N) is 1. The quantitative estimate of drug-likeness (QED) is 0.900. The molecular formula is C12H16BrNO3S. The molecule has 1 N–H and O–H groups in total. The molecule has 0 heterocycles. The number of benzene rings is 1. The van der Waals surface area contributed by atoms with Crippen LogP contribution in [0, 0.1) is 6.92 Å². The lowest BCUT2D eigenvalue weighted by Gasteiger charge is -2.06. The molecule has 1 aromatic carbocycles. The van der Waals surface area contributed by atoms with Gasteiger partial charge >= 0.3 is 0 Å². The topological polar surface area (TPSA) is 63.2 Å². The number of rotatable bonds is 5. The predicted octanol–water partition coefficient (Wildman–Crippen LogP) is 2.52. The van der Waals surface area contributed by atoms with Gasteiger partial charge in [0.05, 0.1) is 5.75 Å². The minimum Gasteiger partial charge on any atom is -0.326 e. The van der Waals surface area contributed by atoms with Gasteiger partial charge in [0.25, 0.3) is 0 Å². The number of sulfone groups is 1. The predicted molar refractivity (Wildman–Crippen MR) is 76.5 cm³/mol. The molecule has 0 radical (unpaired) electrons. The number of amides is 1. The van der Waals surface area contributed by atoms with Crippen LogP contribution in [-0.4, -0.2) is 26.3 Å². The molecule has 100 valence electrons. The molecule has 0 atom stereocenters. The largest absolute Gasteiger partial charge is 0.326 e. The highest BCUT2D eigenvalue weighted by Crippen LogP contribution is 2.20. The van der Waals surface area contributed by atoms with E-state index in [1.54, 1.807) is 0 Å². The molecule has 0 bridgehead atoms. The first-order valence-electron chi connectivity index (χ1n) is 5.51. The molecule has 0 saturated carbocycles. The monoisotopic (exact) mass is 333 g/mol. The van der Waals surface area contributed by atoms with Crippen molar-refractivity contribution in [1.82, 2.24) is 0 Å². The van der Waals surface area contributed by atoms with Gasteiger partial charge in [-0.25, -0.2) is 8.42 Å². The second-order valence-corrected chi connectivity index (χ2v) is 7.36. The second-order valence-electron chi connectivity index (χ2n) is 4.25. The molecule has 0 aliphatic rings. The van der Waals surface area contributed by atoms with Gasteiger partial charge in [0.15, 0.2) is 0 Å². The van der Waals surface area contributed by atoms with E-state index in [-0.39, 0.29) is 18.1 Å². The fraction of sp³-hybridized carbons (Fsp3) is 0.417. The lowest BCUT2D eigenvalue weighted by atomic mass is 10.2. The summed E-state index contributed by atoms with van der Waals surface area (Å²) in [6.45, 7) is 1.96. The first-order chi connectivity index (χ1) is 8.28. The van der Waals surface area contributed by atoms with E-state index in [1.165, 1.54) is 6.26 Å². The molecule has 18 heavy (non-hydrogen) atoms. The summed E-state index contributed by atoms with van der Waals surface area (Å²) in [5.74, 6) is -0.132. The molecule has 0 fully saturated rings. The molecule has 1 amide bonds. The highest BCUT2D eigenvalue weighted by molar-refractivity contribution is 9.10. The molecule has 0 aliphatic carbocycles. The number of halogens is 1. The Hall–Kier alpha value is -0.880. The fourth-order valence-electron chi connectivity index (χ4n) is 1.39. The van der Waals surface area contributed by atoms with Gasteiger partial charge in [-0.05, 0) is 31.0 Å². The highest BCUT2D eigenvalue weighted by Gasteiger charge is 2.07. The third-order valence-corrected chi connectivity index (χ3v) is 4.26. The van der Waals surface area contributed by atoms with E-state index in [9.17, 15) is 13.2 Å². The second kappa shape index (κ2) is 6.33. The minimum atomic E-state index is -2.99.